The molecule has 1 amide bonds. The smallest absolute Gasteiger partial charge is 0.253 e. The normalized spacial score (nSPS) is 15.5. The van der Waals surface area contributed by atoms with Crippen molar-refractivity contribution in [3.05, 3.63) is 29.8 Å². The number of nitrogens with zero attached hydrogens (tertiary/aromatic N) is 1. The molecule has 0 spiro atoms. The number of methoxy groups -OCH3 is 1. The predicted molar refractivity (Wildman–Crippen MR) is 94.1 cm³/mol. The van der Waals surface area contributed by atoms with Gasteiger partial charge in [0, 0.05) is 38.9 Å². The maximum atomic E-state index is 12.4. The Labute approximate surface area is 149 Å². The number of nitrogens with one attached hydrogen (secondary N) is 2. The lowest BCUT2D eigenvalue weighted by molar-refractivity contribution is 0.0766. The molecule has 1 saturated heterocycles. The number of carbonyl (C=O) groups excluding carboxylic acids is 1. The van der Waals surface area contributed by atoms with Gasteiger partial charge < -0.3 is 15.0 Å². The number of hydrogen-bond donors (Lipinski definition) is 2. The minimum Gasteiger partial charge on any atom is -0.383 e. The molecule has 1 heterocycles. The molecule has 1 aromatic rings. The van der Waals surface area contributed by atoms with Gasteiger partial charge in [-0.05, 0) is 37.2 Å². The molecule has 24 heavy (non-hydrogen) atoms. The molecule has 0 bridgehead atoms. The first-order chi connectivity index (χ1) is 11.0. The molecule has 2 rings (SSSR count). The van der Waals surface area contributed by atoms with Gasteiger partial charge in [0.25, 0.3) is 5.91 Å². The van der Waals surface area contributed by atoms with E-state index in [1.807, 2.05) is 0 Å². The lowest BCUT2D eigenvalue weighted by Crippen LogP contribution is -2.34. The molecular formula is C15H24ClN3O4S. The van der Waals surface area contributed by atoms with E-state index in [9.17, 15) is 13.2 Å². The van der Waals surface area contributed by atoms with Crippen LogP contribution in [0.25, 0.3) is 0 Å². The summed E-state index contributed by atoms with van der Waals surface area (Å²) in [4.78, 5) is 14.4. The van der Waals surface area contributed by atoms with Gasteiger partial charge in [0.15, 0.2) is 0 Å². The van der Waals surface area contributed by atoms with Crippen LogP contribution in [-0.4, -0.2) is 65.7 Å². The Bertz CT molecular complexity index is 614. The van der Waals surface area contributed by atoms with E-state index in [4.69, 9.17) is 4.74 Å². The number of rotatable bonds is 6. The van der Waals surface area contributed by atoms with E-state index >= 15 is 0 Å². The fourth-order valence-electron chi connectivity index (χ4n) is 2.37. The summed E-state index contributed by atoms with van der Waals surface area (Å²) in [6, 6.07) is 6.04. The molecule has 0 saturated carbocycles. The Balaban J connectivity index is 0.00000288. The first kappa shape index (κ1) is 20.9. The van der Waals surface area contributed by atoms with E-state index in [0.717, 1.165) is 19.5 Å². The predicted octanol–water partition coefficient (Wildman–Crippen LogP) is 0.469. The van der Waals surface area contributed by atoms with Crippen molar-refractivity contribution < 1.29 is 17.9 Å². The maximum Gasteiger partial charge on any atom is 0.253 e. The van der Waals surface area contributed by atoms with E-state index < -0.39 is 10.0 Å². The highest BCUT2D eigenvalue weighted by molar-refractivity contribution is 7.89. The Morgan fingerprint density at radius 3 is 2.62 bits per heavy atom. The van der Waals surface area contributed by atoms with Crippen molar-refractivity contribution in [3.8, 4) is 0 Å². The molecule has 136 valence electrons. The van der Waals surface area contributed by atoms with Crippen LogP contribution in [0.1, 0.15) is 16.8 Å². The monoisotopic (exact) mass is 377 g/mol. The van der Waals surface area contributed by atoms with Crippen molar-refractivity contribution in [1.29, 1.82) is 0 Å². The highest BCUT2D eigenvalue weighted by Gasteiger charge is 2.18. The van der Waals surface area contributed by atoms with Gasteiger partial charge in [-0.25, -0.2) is 13.1 Å². The number of sulfonamides is 1. The summed E-state index contributed by atoms with van der Waals surface area (Å²) < 4.78 is 31.4. The van der Waals surface area contributed by atoms with Crippen molar-refractivity contribution >= 4 is 28.3 Å². The van der Waals surface area contributed by atoms with Crippen molar-refractivity contribution in [1.82, 2.24) is 14.9 Å². The van der Waals surface area contributed by atoms with Crippen LogP contribution in [0.2, 0.25) is 0 Å². The number of carbonyl (C=O) groups is 1. The summed E-state index contributed by atoms with van der Waals surface area (Å²) in [5.41, 5.74) is 0.503. The number of amides is 1. The van der Waals surface area contributed by atoms with Crippen molar-refractivity contribution in [2.45, 2.75) is 11.3 Å². The molecule has 1 aromatic carbocycles. The van der Waals surface area contributed by atoms with Crippen molar-refractivity contribution in [3.63, 3.8) is 0 Å². The molecule has 1 aliphatic heterocycles. The summed E-state index contributed by atoms with van der Waals surface area (Å²) >= 11 is 0. The third kappa shape index (κ3) is 5.71. The molecule has 9 heteroatoms. The van der Waals surface area contributed by atoms with Gasteiger partial charge in [-0.15, -0.1) is 12.4 Å². The number of benzene rings is 1. The number of halogens is 1. The Hall–Kier alpha value is -1.19. The standard InChI is InChI=1S/C15H23N3O4S.ClH/c1-22-12-9-17-23(20,21)14-5-3-13(4-6-14)15(19)18-10-2-7-16-8-11-18;/h3-6,16-17H,2,7-12H2,1H3;1H. The van der Waals surface area contributed by atoms with Gasteiger partial charge in [-0.2, -0.15) is 0 Å². The molecular weight excluding hydrogens is 354 g/mol. The second-order valence-electron chi connectivity index (χ2n) is 5.31. The van der Waals surface area contributed by atoms with Crippen LogP contribution in [0.15, 0.2) is 29.2 Å². The average molecular weight is 378 g/mol. The quantitative estimate of drug-likeness (QED) is 0.703. The van der Waals surface area contributed by atoms with E-state index in [1.54, 1.807) is 17.0 Å². The molecule has 0 unspecified atom stereocenters. The summed E-state index contributed by atoms with van der Waals surface area (Å²) in [5.74, 6) is -0.0648. The average Bonchev–Trinajstić information content (AvgIpc) is 2.84. The Morgan fingerprint density at radius 2 is 1.96 bits per heavy atom. The van der Waals surface area contributed by atoms with Gasteiger partial charge in [0.2, 0.25) is 10.0 Å². The second kappa shape index (κ2) is 9.95. The molecule has 0 aliphatic carbocycles. The lowest BCUT2D eigenvalue weighted by atomic mass is 10.2. The van der Waals surface area contributed by atoms with Gasteiger partial charge in [-0.3, -0.25) is 4.79 Å². The molecule has 1 aliphatic rings. The van der Waals surface area contributed by atoms with Crippen LogP contribution in [0.4, 0.5) is 0 Å². The van der Waals surface area contributed by atoms with Gasteiger partial charge in [-0.1, -0.05) is 0 Å². The molecule has 7 nitrogen and oxygen atoms in total. The van der Waals surface area contributed by atoms with Gasteiger partial charge in [0.1, 0.15) is 0 Å². The molecule has 0 radical (unpaired) electrons. The van der Waals surface area contributed by atoms with E-state index in [-0.39, 0.29) is 29.8 Å². The largest absolute Gasteiger partial charge is 0.383 e. The summed E-state index contributed by atoms with van der Waals surface area (Å²) in [7, 11) is -2.06. The van der Waals surface area contributed by atoms with Crippen molar-refractivity contribution in [2.75, 3.05) is 46.4 Å². The molecule has 2 N–H and O–H groups in total. The lowest BCUT2D eigenvalue weighted by Gasteiger charge is -2.20. The van der Waals surface area contributed by atoms with Crippen LogP contribution in [-0.2, 0) is 14.8 Å². The summed E-state index contributed by atoms with van der Waals surface area (Å²) in [5, 5.41) is 3.25. The highest BCUT2D eigenvalue weighted by atomic mass is 35.5. The minimum absolute atomic E-state index is 0. The fraction of sp³-hybridized carbons (Fsp3) is 0.533. The second-order valence-corrected chi connectivity index (χ2v) is 7.08. The van der Waals surface area contributed by atoms with Crippen molar-refractivity contribution in [2.24, 2.45) is 0 Å². The highest BCUT2D eigenvalue weighted by Crippen LogP contribution is 2.13. The summed E-state index contributed by atoms with van der Waals surface area (Å²) in [6.45, 7) is 3.58. The Morgan fingerprint density at radius 1 is 1.25 bits per heavy atom. The zero-order chi connectivity index (χ0) is 16.7. The summed E-state index contributed by atoms with van der Waals surface area (Å²) in [6.07, 6.45) is 0.918. The van der Waals surface area contributed by atoms with Gasteiger partial charge >= 0.3 is 0 Å². The van der Waals surface area contributed by atoms with E-state index in [1.165, 1.54) is 19.2 Å². The van der Waals surface area contributed by atoms with Crippen LogP contribution in [0.3, 0.4) is 0 Å². The fourth-order valence-corrected chi connectivity index (χ4v) is 3.38. The number of hydrogen-bond acceptors (Lipinski definition) is 5. The van der Waals surface area contributed by atoms with Crippen LogP contribution in [0, 0.1) is 0 Å². The molecule has 0 aromatic heterocycles. The SMILES string of the molecule is COCCNS(=O)(=O)c1ccc(C(=O)N2CCCNCC2)cc1.Cl. The van der Waals surface area contributed by atoms with E-state index in [0.29, 0.717) is 25.3 Å². The molecule has 0 atom stereocenters. The van der Waals surface area contributed by atoms with Gasteiger partial charge in [0.05, 0.1) is 11.5 Å². The third-order valence-corrected chi connectivity index (χ3v) is 5.11. The third-order valence-electron chi connectivity index (χ3n) is 3.64. The molecule has 1 fully saturated rings. The maximum absolute atomic E-state index is 12.4. The zero-order valence-corrected chi connectivity index (χ0v) is 15.3. The first-order valence-electron chi connectivity index (χ1n) is 7.63. The van der Waals surface area contributed by atoms with Crippen LogP contribution < -0.4 is 10.0 Å². The Kier molecular flexibility index (Phi) is 8.65. The van der Waals surface area contributed by atoms with E-state index in [2.05, 4.69) is 10.0 Å². The minimum atomic E-state index is -3.57. The number of ether oxygens (including phenoxy) is 1. The van der Waals surface area contributed by atoms with Crippen LogP contribution in [0.5, 0.6) is 0 Å². The van der Waals surface area contributed by atoms with Crippen LogP contribution >= 0.6 is 12.4 Å². The topological polar surface area (TPSA) is 87.7 Å². The first-order valence-corrected chi connectivity index (χ1v) is 9.11. The zero-order valence-electron chi connectivity index (χ0n) is 13.7.